The Morgan fingerprint density at radius 3 is 2.76 bits per heavy atom. The number of carbonyl (C=O) groups excluding carboxylic acids is 1. The zero-order chi connectivity index (χ0) is 17.6. The van der Waals surface area contributed by atoms with E-state index in [1.807, 2.05) is 32.0 Å². The molecular weight excluding hydrogens is 356 g/mol. The number of amides is 1. The van der Waals surface area contributed by atoms with Crippen molar-refractivity contribution in [2.75, 3.05) is 30.4 Å². The van der Waals surface area contributed by atoms with E-state index in [-0.39, 0.29) is 11.8 Å². The van der Waals surface area contributed by atoms with Gasteiger partial charge in [0.25, 0.3) is 0 Å². The van der Waals surface area contributed by atoms with Crippen LogP contribution in [-0.4, -0.2) is 36.1 Å². The van der Waals surface area contributed by atoms with Crippen LogP contribution in [0.2, 0.25) is 0 Å². The number of benzene rings is 1. The fourth-order valence-electron chi connectivity index (χ4n) is 2.75. The molecule has 1 aromatic carbocycles. The Morgan fingerprint density at radius 2 is 2.08 bits per heavy atom. The SMILES string of the molecule is COc1cccc2sc(N3CC(C(=O)Nc4nc(C)c(C)s4)C3)nc12. The summed E-state index contributed by atoms with van der Waals surface area (Å²) < 4.78 is 6.46. The van der Waals surface area contributed by atoms with Gasteiger partial charge < -0.3 is 15.0 Å². The molecule has 130 valence electrons. The number of nitrogens with zero attached hydrogens (tertiary/aromatic N) is 3. The molecule has 0 aliphatic carbocycles. The van der Waals surface area contributed by atoms with Gasteiger partial charge in [0.2, 0.25) is 5.91 Å². The Hall–Kier alpha value is -2.19. The van der Waals surface area contributed by atoms with Crippen molar-refractivity contribution in [1.29, 1.82) is 0 Å². The lowest BCUT2D eigenvalue weighted by molar-refractivity contribution is -0.120. The van der Waals surface area contributed by atoms with E-state index in [0.717, 1.165) is 31.7 Å². The molecule has 2 aromatic heterocycles. The lowest BCUT2D eigenvalue weighted by atomic mass is 10.0. The predicted molar refractivity (Wildman–Crippen MR) is 102 cm³/mol. The van der Waals surface area contributed by atoms with Crippen LogP contribution in [0.5, 0.6) is 5.75 Å². The average molecular weight is 374 g/mol. The number of carbonyl (C=O) groups is 1. The van der Waals surface area contributed by atoms with Crippen molar-refractivity contribution in [3.8, 4) is 5.75 Å². The molecule has 0 unspecified atom stereocenters. The Kier molecular flexibility index (Phi) is 4.09. The summed E-state index contributed by atoms with van der Waals surface area (Å²) in [7, 11) is 1.65. The highest BCUT2D eigenvalue weighted by molar-refractivity contribution is 7.22. The summed E-state index contributed by atoms with van der Waals surface area (Å²) in [6.45, 7) is 5.32. The normalized spacial score (nSPS) is 14.6. The number of aryl methyl sites for hydroxylation is 2. The lowest BCUT2D eigenvalue weighted by Gasteiger charge is -2.37. The van der Waals surface area contributed by atoms with Gasteiger partial charge in [-0.2, -0.15) is 0 Å². The van der Waals surface area contributed by atoms with E-state index in [1.54, 1.807) is 18.4 Å². The minimum Gasteiger partial charge on any atom is -0.494 e. The van der Waals surface area contributed by atoms with E-state index in [1.165, 1.54) is 11.3 Å². The molecule has 1 saturated heterocycles. The molecule has 1 aliphatic rings. The van der Waals surface area contributed by atoms with Gasteiger partial charge in [0.1, 0.15) is 11.3 Å². The fourth-order valence-corrected chi connectivity index (χ4v) is 4.56. The smallest absolute Gasteiger partial charge is 0.232 e. The number of rotatable bonds is 4. The largest absolute Gasteiger partial charge is 0.494 e. The molecule has 3 heterocycles. The first-order chi connectivity index (χ1) is 12.0. The molecule has 1 amide bonds. The highest BCUT2D eigenvalue weighted by Crippen LogP contribution is 2.36. The minimum atomic E-state index is -0.0292. The van der Waals surface area contributed by atoms with Gasteiger partial charge in [-0.25, -0.2) is 9.97 Å². The topological polar surface area (TPSA) is 67.3 Å². The number of aromatic nitrogens is 2. The van der Waals surface area contributed by atoms with Crippen LogP contribution in [0.4, 0.5) is 10.3 Å². The van der Waals surface area contributed by atoms with Crippen molar-refractivity contribution in [1.82, 2.24) is 9.97 Å². The maximum Gasteiger partial charge on any atom is 0.232 e. The van der Waals surface area contributed by atoms with Crippen molar-refractivity contribution < 1.29 is 9.53 Å². The molecule has 4 rings (SSSR count). The van der Waals surface area contributed by atoms with Gasteiger partial charge >= 0.3 is 0 Å². The van der Waals surface area contributed by atoms with E-state index in [4.69, 9.17) is 4.74 Å². The third kappa shape index (κ3) is 2.96. The first-order valence-electron chi connectivity index (χ1n) is 7.98. The molecule has 1 aliphatic heterocycles. The molecule has 1 N–H and O–H groups in total. The Balaban J connectivity index is 1.42. The molecule has 0 saturated carbocycles. The van der Waals surface area contributed by atoms with Crippen LogP contribution in [0, 0.1) is 19.8 Å². The Bertz CT molecular complexity index is 924. The zero-order valence-electron chi connectivity index (χ0n) is 14.2. The summed E-state index contributed by atoms with van der Waals surface area (Å²) in [6.07, 6.45) is 0. The predicted octanol–water partition coefficient (Wildman–Crippen LogP) is 3.45. The molecule has 8 heteroatoms. The van der Waals surface area contributed by atoms with Crippen molar-refractivity contribution in [3.05, 3.63) is 28.8 Å². The molecule has 3 aromatic rings. The molecule has 0 bridgehead atoms. The Morgan fingerprint density at radius 1 is 1.28 bits per heavy atom. The van der Waals surface area contributed by atoms with E-state index < -0.39 is 0 Å². The molecule has 0 atom stereocenters. The van der Waals surface area contributed by atoms with E-state index in [9.17, 15) is 4.79 Å². The van der Waals surface area contributed by atoms with Crippen molar-refractivity contribution in [3.63, 3.8) is 0 Å². The number of ether oxygens (including phenoxy) is 1. The third-order valence-corrected chi connectivity index (χ3v) is 6.44. The van der Waals surface area contributed by atoms with Crippen LogP contribution in [0.3, 0.4) is 0 Å². The van der Waals surface area contributed by atoms with Gasteiger partial charge in [0, 0.05) is 18.0 Å². The number of anilines is 2. The van der Waals surface area contributed by atoms with Crippen LogP contribution in [0.25, 0.3) is 10.2 Å². The lowest BCUT2D eigenvalue weighted by Crippen LogP contribution is -2.52. The summed E-state index contributed by atoms with van der Waals surface area (Å²) in [6, 6.07) is 5.92. The summed E-state index contributed by atoms with van der Waals surface area (Å²) in [4.78, 5) is 24.7. The summed E-state index contributed by atoms with van der Waals surface area (Å²) in [5.74, 6) is 0.784. The quantitative estimate of drug-likeness (QED) is 0.758. The maximum absolute atomic E-state index is 12.4. The third-order valence-electron chi connectivity index (χ3n) is 4.37. The highest BCUT2D eigenvalue weighted by Gasteiger charge is 2.35. The maximum atomic E-state index is 12.4. The molecule has 1 fully saturated rings. The molecule has 6 nitrogen and oxygen atoms in total. The van der Waals surface area contributed by atoms with E-state index >= 15 is 0 Å². The number of para-hydroxylation sites is 1. The summed E-state index contributed by atoms with van der Waals surface area (Å²) in [5.41, 5.74) is 1.85. The van der Waals surface area contributed by atoms with Crippen LogP contribution >= 0.6 is 22.7 Å². The van der Waals surface area contributed by atoms with Gasteiger partial charge in [-0.1, -0.05) is 17.4 Å². The zero-order valence-corrected chi connectivity index (χ0v) is 15.8. The fraction of sp³-hybridized carbons (Fsp3) is 0.353. The van der Waals surface area contributed by atoms with Crippen molar-refractivity contribution >= 4 is 49.1 Å². The van der Waals surface area contributed by atoms with Gasteiger partial charge in [-0.15, -0.1) is 11.3 Å². The van der Waals surface area contributed by atoms with Gasteiger partial charge in [-0.3, -0.25) is 4.79 Å². The van der Waals surface area contributed by atoms with Crippen LogP contribution in [-0.2, 0) is 4.79 Å². The number of thiazole rings is 2. The molecule has 0 spiro atoms. The van der Waals surface area contributed by atoms with Crippen molar-refractivity contribution in [2.24, 2.45) is 5.92 Å². The molecular formula is C17H18N4O2S2. The van der Waals surface area contributed by atoms with Crippen molar-refractivity contribution in [2.45, 2.75) is 13.8 Å². The average Bonchev–Trinajstić information content (AvgIpc) is 3.08. The molecule has 25 heavy (non-hydrogen) atoms. The van der Waals surface area contributed by atoms with Gasteiger partial charge in [0.15, 0.2) is 10.3 Å². The number of hydrogen-bond acceptors (Lipinski definition) is 7. The van der Waals surface area contributed by atoms with Gasteiger partial charge in [0.05, 0.1) is 23.4 Å². The first kappa shape index (κ1) is 16.3. The highest BCUT2D eigenvalue weighted by atomic mass is 32.1. The number of nitrogens with one attached hydrogen (secondary N) is 1. The first-order valence-corrected chi connectivity index (χ1v) is 9.62. The number of methoxy groups -OCH3 is 1. The van der Waals surface area contributed by atoms with Crippen LogP contribution in [0.15, 0.2) is 18.2 Å². The monoisotopic (exact) mass is 374 g/mol. The van der Waals surface area contributed by atoms with Crippen LogP contribution in [0.1, 0.15) is 10.6 Å². The minimum absolute atomic E-state index is 0.0292. The number of hydrogen-bond donors (Lipinski definition) is 1. The molecule has 0 radical (unpaired) electrons. The second-order valence-electron chi connectivity index (χ2n) is 6.06. The summed E-state index contributed by atoms with van der Waals surface area (Å²) >= 11 is 3.14. The van der Waals surface area contributed by atoms with E-state index in [0.29, 0.717) is 18.2 Å². The van der Waals surface area contributed by atoms with E-state index in [2.05, 4.69) is 20.2 Å². The number of fused-ring (bicyclic) bond motifs is 1. The second-order valence-corrected chi connectivity index (χ2v) is 8.27. The second kappa shape index (κ2) is 6.27. The van der Waals surface area contributed by atoms with Crippen LogP contribution < -0.4 is 15.0 Å². The summed E-state index contributed by atoms with van der Waals surface area (Å²) in [5, 5.41) is 4.55. The standard InChI is InChI=1S/C17H18N4O2S2/c1-9-10(2)24-16(18-9)20-15(22)11-7-21(8-11)17-19-14-12(23-3)5-4-6-13(14)25-17/h4-6,11H,7-8H2,1-3H3,(H,18,20,22). The Labute approximate surface area is 153 Å². The van der Waals surface area contributed by atoms with Gasteiger partial charge in [-0.05, 0) is 26.0 Å².